The van der Waals surface area contributed by atoms with Crippen LogP contribution < -0.4 is 11.1 Å². The van der Waals surface area contributed by atoms with Gasteiger partial charge < -0.3 is 11.1 Å². The molecular weight excluding hydrogens is 260 g/mol. The van der Waals surface area contributed by atoms with Gasteiger partial charge >= 0.3 is 0 Å². The Morgan fingerprint density at radius 1 is 1.37 bits per heavy atom. The van der Waals surface area contributed by atoms with Gasteiger partial charge in [0.2, 0.25) is 5.91 Å². The van der Waals surface area contributed by atoms with Crippen molar-refractivity contribution in [2.24, 2.45) is 11.1 Å². The zero-order chi connectivity index (χ0) is 13.0. The summed E-state index contributed by atoms with van der Waals surface area (Å²) < 4.78 is 0. The van der Waals surface area contributed by atoms with Gasteiger partial charge in [-0.25, -0.2) is 0 Å². The first kappa shape index (κ1) is 16.0. The van der Waals surface area contributed by atoms with Crippen molar-refractivity contribution in [1.29, 1.82) is 0 Å². The predicted molar refractivity (Wildman–Crippen MR) is 80.3 cm³/mol. The average Bonchev–Trinajstić information content (AvgIpc) is 3.11. The fourth-order valence-corrected chi connectivity index (χ4v) is 2.22. The van der Waals surface area contributed by atoms with Crippen LogP contribution >= 0.6 is 12.4 Å². The molecule has 4 heteroatoms. The third kappa shape index (κ3) is 4.51. The Kier molecular flexibility index (Phi) is 5.83. The first-order chi connectivity index (χ1) is 8.62. The van der Waals surface area contributed by atoms with Gasteiger partial charge in [-0.2, -0.15) is 0 Å². The lowest BCUT2D eigenvalue weighted by atomic mass is 9.95. The van der Waals surface area contributed by atoms with Crippen molar-refractivity contribution in [3.63, 3.8) is 0 Å². The lowest BCUT2D eigenvalue weighted by Gasteiger charge is -2.16. The van der Waals surface area contributed by atoms with E-state index in [1.165, 1.54) is 5.56 Å². The minimum absolute atomic E-state index is 0. The number of benzene rings is 1. The summed E-state index contributed by atoms with van der Waals surface area (Å²) in [4.78, 5) is 12.2. The molecule has 3 nitrogen and oxygen atoms in total. The molecule has 0 aromatic heterocycles. The Bertz CT molecular complexity index is 402. The number of carbonyl (C=O) groups is 1. The van der Waals surface area contributed by atoms with Gasteiger partial charge in [0.15, 0.2) is 0 Å². The molecular formula is C15H23ClN2O. The SMILES string of the molecule is CC(N)CCNC(=O)C1(Cc2ccccc2)CC1.Cl. The van der Waals surface area contributed by atoms with Crippen molar-refractivity contribution in [3.05, 3.63) is 35.9 Å². The maximum absolute atomic E-state index is 12.2. The molecule has 3 N–H and O–H groups in total. The van der Waals surface area contributed by atoms with Gasteiger partial charge in [-0.3, -0.25) is 4.79 Å². The molecule has 1 unspecified atom stereocenters. The number of rotatable bonds is 6. The molecule has 1 aromatic carbocycles. The molecule has 0 heterocycles. The second-order valence-corrected chi connectivity index (χ2v) is 5.46. The number of nitrogens with one attached hydrogen (secondary N) is 1. The number of carbonyl (C=O) groups excluding carboxylic acids is 1. The molecule has 106 valence electrons. The molecule has 2 rings (SSSR count). The maximum atomic E-state index is 12.2. The van der Waals surface area contributed by atoms with Crippen LogP contribution in [0.2, 0.25) is 0 Å². The molecule has 1 aliphatic rings. The Labute approximate surface area is 121 Å². The third-order valence-electron chi connectivity index (χ3n) is 3.61. The van der Waals surface area contributed by atoms with E-state index in [1.54, 1.807) is 0 Å². The highest BCUT2D eigenvalue weighted by molar-refractivity contribution is 5.85. The van der Waals surface area contributed by atoms with E-state index in [9.17, 15) is 4.79 Å². The largest absolute Gasteiger partial charge is 0.356 e. The second-order valence-electron chi connectivity index (χ2n) is 5.46. The monoisotopic (exact) mass is 282 g/mol. The van der Waals surface area contributed by atoms with Gasteiger partial charge in [0.1, 0.15) is 0 Å². The smallest absolute Gasteiger partial charge is 0.226 e. The second kappa shape index (κ2) is 6.92. The van der Waals surface area contributed by atoms with Crippen molar-refractivity contribution < 1.29 is 4.79 Å². The fraction of sp³-hybridized carbons (Fsp3) is 0.533. The quantitative estimate of drug-likeness (QED) is 0.841. The van der Waals surface area contributed by atoms with Gasteiger partial charge in [0.25, 0.3) is 0 Å². The molecule has 0 aliphatic heterocycles. The van der Waals surface area contributed by atoms with Gasteiger partial charge in [-0.15, -0.1) is 12.4 Å². The van der Waals surface area contributed by atoms with Crippen LogP contribution in [0.3, 0.4) is 0 Å². The van der Waals surface area contributed by atoms with Crippen molar-refractivity contribution in [2.45, 2.75) is 38.6 Å². The number of hydrogen-bond donors (Lipinski definition) is 2. The minimum atomic E-state index is -0.140. The summed E-state index contributed by atoms with van der Waals surface area (Å²) in [6.45, 7) is 2.65. The molecule has 1 aliphatic carbocycles. The Morgan fingerprint density at radius 3 is 2.53 bits per heavy atom. The van der Waals surface area contributed by atoms with E-state index in [0.29, 0.717) is 6.54 Å². The van der Waals surface area contributed by atoms with Crippen LogP contribution in [0.5, 0.6) is 0 Å². The highest BCUT2D eigenvalue weighted by Crippen LogP contribution is 2.48. The van der Waals surface area contributed by atoms with Crippen molar-refractivity contribution in [1.82, 2.24) is 5.32 Å². The van der Waals surface area contributed by atoms with E-state index in [0.717, 1.165) is 25.7 Å². The summed E-state index contributed by atoms with van der Waals surface area (Å²) >= 11 is 0. The summed E-state index contributed by atoms with van der Waals surface area (Å²) in [5.41, 5.74) is 6.78. The summed E-state index contributed by atoms with van der Waals surface area (Å²) in [6, 6.07) is 10.4. The molecule has 1 atom stereocenters. The summed E-state index contributed by atoms with van der Waals surface area (Å²) in [5.74, 6) is 0.201. The van der Waals surface area contributed by atoms with Gasteiger partial charge in [0, 0.05) is 12.6 Å². The molecule has 1 fully saturated rings. The zero-order valence-corrected chi connectivity index (χ0v) is 12.2. The van der Waals surface area contributed by atoms with Crippen LogP contribution in [0, 0.1) is 5.41 Å². The van der Waals surface area contributed by atoms with Crippen molar-refractivity contribution in [3.8, 4) is 0 Å². The molecule has 19 heavy (non-hydrogen) atoms. The van der Waals surface area contributed by atoms with E-state index < -0.39 is 0 Å². The summed E-state index contributed by atoms with van der Waals surface area (Å²) in [5, 5.41) is 3.02. The average molecular weight is 283 g/mol. The topological polar surface area (TPSA) is 55.1 Å². The maximum Gasteiger partial charge on any atom is 0.226 e. The van der Waals surface area contributed by atoms with Crippen LogP contribution in [0.1, 0.15) is 31.7 Å². The number of amides is 1. The molecule has 0 saturated heterocycles. The number of hydrogen-bond acceptors (Lipinski definition) is 2. The normalized spacial score (nSPS) is 17.2. The predicted octanol–water partition coefficient (Wildman–Crippen LogP) is 2.28. The summed E-state index contributed by atoms with van der Waals surface area (Å²) in [7, 11) is 0. The van der Waals surface area contributed by atoms with Crippen molar-refractivity contribution >= 4 is 18.3 Å². The Morgan fingerprint density at radius 2 is 2.00 bits per heavy atom. The van der Waals surface area contributed by atoms with E-state index in [1.807, 2.05) is 25.1 Å². The van der Waals surface area contributed by atoms with Crippen LogP contribution in [-0.4, -0.2) is 18.5 Å². The van der Waals surface area contributed by atoms with Crippen LogP contribution in [-0.2, 0) is 11.2 Å². The van der Waals surface area contributed by atoms with E-state index in [2.05, 4.69) is 17.4 Å². The van der Waals surface area contributed by atoms with E-state index in [4.69, 9.17) is 5.73 Å². The molecule has 1 aromatic rings. The first-order valence-electron chi connectivity index (χ1n) is 6.70. The Balaban J connectivity index is 0.00000180. The van der Waals surface area contributed by atoms with E-state index >= 15 is 0 Å². The highest BCUT2D eigenvalue weighted by atomic mass is 35.5. The standard InChI is InChI=1S/C15H22N2O.ClH/c1-12(16)7-10-17-14(18)15(8-9-15)11-13-5-3-2-4-6-13;/h2-6,12H,7-11,16H2,1H3,(H,17,18);1H. The van der Waals surface area contributed by atoms with Crippen LogP contribution in [0.15, 0.2) is 30.3 Å². The lowest BCUT2D eigenvalue weighted by Crippen LogP contribution is -2.35. The number of halogens is 1. The van der Waals surface area contributed by atoms with Crippen molar-refractivity contribution in [2.75, 3.05) is 6.54 Å². The molecule has 0 radical (unpaired) electrons. The minimum Gasteiger partial charge on any atom is -0.356 e. The molecule has 0 spiro atoms. The van der Waals surface area contributed by atoms with Gasteiger partial charge in [-0.1, -0.05) is 30.3 Å². The fourth-order valence-electron chi connectivity index (χ4n) is 2.22. The molecule has 1 amide bonds. The molecule has 0 bridgehead atoms. The third-order valence-corrected chi connectivity index (χ3v) is 3.61. The highest BCUT2D eigenvalue weighted by Gasteiger charge is 2.49. The van der Waals surface area contributed by atoms with Crippen LogP contribution in [0.4, 0.5) is 0 Å². The summed E-state index contributed by atoms with van der Waals surface area (Å²) in [6.07, 6.45) is 3.71. The zero-order valence-electron chi connectivity index (χ0n) is 11.4. The molecule has 1 saturated carbocycles. The van der Waals surface area contributed by atoms with Gasteiger partial charge in [0.05, 0.1) is 5.41 Å². The first-order valence-corrected chi connectivity index (χ1v) is 6.70. The van der Waals surface area contributed by atoms with E-state index in [-0.39, 0.29) is 29.8 Å². The lowest BCUT2D eigenvalue weighted by molar-refractivity contribution is -0.126. The Hall–Kier alpha value is -1.06. The number of nitrogens with two attached hydrogens (primary N) is 1. The van der Waals surface area contributed by atoms with Crippen LogP contribution in [0.25, 0.3) is 0 Å². The van der Waals surface area contributed by atoms with Gasteiger partial charge in [-0.05, 0) is 38.2 Å².